The zero-order chi connectivity index (χ0) is 41.8. The van der Waals surface area contributed by atoms with E-state index in [1.165, 1.54) is 65.1 Å². The Morgan fingerprint density at radius 1 is 0.661 bits per heavy atom. The first-order chi connectivity index (χ1) is 30.5. The standard InChI is InChI=1S/C58H39N3S/c1-3-4-6-14-37(2)57-60-53(42-17-7-5-8-18-42)35-54(61-57)44-29-31-50-48(34-44)47-33-43(39-25-23-38(36-59)24-26-39)28-30-49(47)58(50)51-22-13-19-40-15-9-11-20-45(40)55(51)62-56-46-21-12-10-16-41(46)27-32-52(56)58/h3-21,23-35H,1,22H2,2H3/b6-4-,37-14+. The molecule has 7 aromatic carbocycles. The lowest BCUT2D eigenvalue weighted by Gasteiger charge is -2.42. The van der Waals surface area contributed by atoms with Crippen LogP contribution in [0.15, 0.2) is 205 Å². The molecule has 0 fully saturated rings. The van der Waals surface area contributed by atoms with Gasteiger partial charge in [0.1, 0.15) is 0 Å². The molecule has 292 valence electrons. The van der Waals surface area contributed by atoms with Crippen LogP contribution in [0.3, 0.4) is 0 Å². The first kappa shape index (κ1) is 37.4. The van der Waals surface area contributed by atoms with E-state index in [0.29, 0.717) is 11.4 Å². The number of rotatable bonds is 6. The van der Waals surface area contributed by atoms with Gasteiger partial charge in [-0.3, -0.25) is 0 Å². The molecule has 1 aliphatic heterocycles. The molecule has 1 aromatic heterocycles. The quantitative estimate of drug-likeness (QED) is 0.157. The SMILES string of the molecule is C=C/C=C\C=C(/C)c1nc(-c2ccccc2)cc(-c2ccc3c(c2)-c2cc(-c4ccc(C#N)cc4)ccc2C32C3=C(Sc4c2ccc2ccccc42)c2ccccc2C=CC3)n1. The molecule has 0 N–H and O–H groups in total. The van der Waals surface area contributed by atoms with E-state index in [1.54, 1.807) is 6.08 Å². The third kappa shape index (κ3) is 5.97. The van der Waals surface area contributed by atoms with E-state index in [4.69, 9.17) is 9.97 Å². The lowest BCUT2D eigenvalue weighted by Crippen LogP contribution is -2.33. The second-order valence-corrected chi connectivity index (χ2v) is 17.0. The maximum atomic E-state index is 9.62. The molecule has 0 saturated carbocycles. The van der Waals surface area contributed by atoms with Crippen molar-refractivity contribution in [3.8, 4) is 50.8 Å². The maximum Gasteiger partial charge on any atom is 0.156 e. The van der Waals surface area contributed by atoms with Crippen molar-refractivity contribution in [2.75, 3.05) is 0 Å². The number of nitrogens with zero attached hydrogens (tertiary/aromatic N) is 3. The summed E-state index contributed by atoms with van der Waals surface area (Å²) in [5.74, 6) is 0.680. The molecule has 62 heavy (non-hydrogen) atoms. The second-order valence-electron chi connectivity index (χ2n) is 16.0. The number of hydrogen-bond acceptors (Lipinski definition) is 4. The molecule has 0 bridgehead atoms. The molecule has 2 aliphatic carbocycles. The highest BCUT2D eigenvalue weighted by atomic mass is 32.2. The highest BCUT2D eigenvalue weighted by molar-refractivity contribution is 8.08. The van der Waals surface area contributed by atoms with Crippen molar-refractivity contribution in [3.05, 3.63) is 239 Å². The monoisotopic (exact) mass is 809 g/mol. The minimum atomic E-state index is -0.572. The van der Waals surface area contributed by atoms with Gasteiger partial charge in [0.05, 0.1) is 28.4 Å². The van der Waals surface area contributed by atoms with E-state index >= 15 is 0 Å². The zero-order valence-electron chi connectivity index (χ0n) is 34.1. The molecule has 3 nitrogen and oxygen atoms in total. The van der Waals surface area contributed by atoms with E-state index < -0.39 is 5.41 Å². The Bertz CT molecular complexity index is 3320. The fraction of sp³-hybridized carbons (Fsp3) is 0.0517. The van der Waals surface area contributed by atoms with Crippen molar-refractivity contribution in [2.24, 2.45) is 0 Å². The molecule has 8 aromatic rings. The highest BCUT2D eigenvalue weighted by Crippen LogP contribution is 2.66. The average Bonchev–Trinajstić information content (AvgIpc) is 3.47. The number of hydrogen-bond donors (Lipinski definition) is 0. The molecule has 1 spiro atoms. The van der Waals surface area contributed by atoms with Crippen LogP contribution in [-0.4, -0.2) is 9.97 Å². The van der Waals surface area contributed by atoms with E-state index in [1.807, 2.05) is 48.2 Å². The molecular formula is C58H39N3S. The topological polar surface area (TPSA) is 49.6 Å². The van der Waals surface area contributed by atoms with Gasteiger partial charge in [0.25, 0.3) is 0 Å². The van der Waals surface area contributed by atoms with Crippen molar-refractivity contribution in [2.45, 2.75) is 23.7 Å². The number of aromatic nitrogens is 2. The van der Waals surface area contributed by atoms with Gasteiger partial charge in [0.15, 0.2) is 5.82 Å². The minimum absolute atomic E-state index is 0.572. The summed E-state index contributed by atoms with van der Waals surface area (Å²) in [5, 5.41) is 12.1. The van der Waals surface area contributed by atoms with E-state index in [-0.39, 0.29) is 0 Å². The van der Waals surface area contributed by atoms with Gasteiger partial charge in [-0.2, -0.15) is 5.26 Å². The summed E-state index contributed by atoms with van der Waals surface area (Å²) in [7, 11) is 0. The number of benzene rings is 7. The Hall–Kier alpha value is -7.58. The number of fused-ring (bicyclic) bond motifs is 12. The van der Waals surface area contributed by atoms with Gasteiger partial charge >= 0.3 is 0 Å². The van der Waals surface area contributed by atoms with Crippen LogP contribution in [0.25, 0.3) is 72.1 Å². The molecule has 4 heteroatoms. The van der Waals surface area contributed by atoms with Crippen molar-refractivity contribution in [1.29, 1.82) is 5.26 Å². The molecule has 2 heterocycles. The van der Waals surface area contributed by atoms with Crippen LogP contribution in [-0.2, 0) is 5.41 Å². The minimum Gasteiger partial charge on any atom is -0.228 e. The second kappa shape index (κ2) is 15.2. The Morgan fingerprint density at radius 3 is 2.13 bits per heavy atom. The first-order valence-electron chi connectivity index (χ1n) is 21.0. The van der Waals surface area contributed by atoms with Crippen molar-refractivity contribution in [3.63, 3.8) is 0 Å². The normalized spacial score (nSPS) is 16.0. The average molecular weight is 810 g/mol. The first-order valence-corrected chi connectivity index (χ1v) is 21.8. The number of allylic oxidation sites excluding steroid dienone is 7. The highest BCUT2D eigenvalue weighted by Gasteiger charge is 2.52. The van der Waals surface area contributed by atoms with Gasteiger partial charge < -0.3 is 0 Å². The lowest BCUT2D eigenvalue weighted by atomic mass is 9.65. The van der Waals surface area contributed by atoms with Gasteiger partial charge in [-0.15, -0.1) is 0 Å². The van der Waals surface area contributed by atoms with Crippen molar-refractivity contribution in [1.82, 2.24) is 9.97 Å². The van der Waals surface area contributed by atoms with E-state index in [0.717, 1.165) is 45.6 Å². The fourth-order valence-electron chi connectivity index (χ4n) is 9.67. The largest absolute Gasteiger partial charge is 0.228 e. The fourth-order valence-corrected chi connectivity index (χ4v) is 11.2. The molecular weight excluding hydrogens is 771 g/mol. The summed E-state index contributed by atoms with van der Waals surface area (Å²) in [4.78, 5) is 13.0. The summed E-state index contributed by atoms with van der Waals surface area (Å²) in [6.07, 6.45) is 13.2. The van der Waals surface area contributed by atoms with Gasteiger partial charge in [-0.25, -0.2) is 9.97 Å². The predicted octanol–water partition coefficient (Wildman–Crippen LogP) is 14.9. The van der Waals surface area contributed by atoms with Gasteiger partial charge in [0, 0.05) is 20.9 Å². The zero-order valence-corrected chi connectivity index (χ0v) is 35.0. The van der Waals surface area contributed by atoms with Crippen LogP contribution in [0, 0.1) is 11.3 Å². The van der Waals surface area contributed by atoms with Gasteiger partial charge in [-0.1, -0.05) is 182 Å². The Labute approximate surface area is 366 Å². The molecule has 1 unspecified atom stereocenters. The maximum absolute atomic E-state index is 9.62. The lowest BCUT2D eigenvalue weighted by molar-refractivity contribution is 0.715. The summed E-state index contributed by atoms with van der Waals surface area (Å²) < 4.78 is 0. The molecule has 0 saturated heterocycles. The van der Waals surface area contributed by atoms with Crippen LogP contribution in [0.5, 0.6) is 0 Å². The Morgan fingerprint density at radius 2 is 1.34 bits per heavy atom. The van der Waals surface area contributed by atoms with Crippen LogP contribution in [0.4, 0.5) is 0 Å². The predicted molar refractivity (Wildman–Crippen MR) is 258 cm³/mol. The third-order valence-corrected chi connectivity index (χ3v) is 13.9. The molecule has 1 atom stereocenters. The van der Waals surface area contributed by atoms with Crippen LogP contribution in [0.2, 0.25) is 0 Å². The Kier molecular flexibility index (Phi) is 9.15. The van der Waals surface area contributed by atoms with Crippen LogP contribution >= 0.6 is 11.8 Å². The Balaban J connectivity index is 1.21. The smallest absolute Gasteiger partial charge is 0.156 e. The third-order valence-electron chi connectivity index (χ3n) is 12.6. The number of thioether (sulfide) groups is 1. The molecule has 0 amide bonds. The van der Waals surface area contributed by atoms with Gasteiger partial charge in [0.2, 0.25) is 0 Å². The summed E-state index contributed by atoms with van der Waals surface area (Å²) >= 11 is 1.93. The molecule has 11 rings (SSSR count). The van der Waals surface area contributed by atoms with Crippen LogP contribution < -0.4 is 0 Å². The summed E-state index contributed by atoms with van der Waals surface area (Å²) in [6.45, 7) is 5.90. The van der Waals surface area contributed by atoms with Crippen LogP contribution in [0.1, 0.15) is 52.5 Å². The molecule has 0 radical (unpaired) electrons. The van der Waals surface area contributed by atoms with Crippen molar-refractivity contribution >= 4 is 39.1 Å². The summed E-state index contributed by atoms with van der Waals surface area (Å²) in [5.41, 5.74) is 17.2. The molecule has 3 aliphatic rings. The van der Waals surface area contributed by atoms with E-state index in [9.17, 15) is 5.26 Å². The number of nitriles is 1. The van der Waals surface area contributed by atoms with Crippen molar-refractivity contribution < 1.29 is 0 Å². The van der Waals surface area contributed by atoms with Gasteiger partial charge in [-0.05, 0) is 116 Å². The van der Waals surface area contributed by atoms with E-state index in [2.05, 4.69) is 171 Å². The summed E-state index contributed by atoms with van der Waals surface area (Å²) in [6, 6.07) is 59.1.